The molecule has 0 aromatic rings. The van der Waals surface area contributed by atoms with Gasteiger partial charge in [0, 0.05) is 12.8 Å². The van der Waals surface area contributed by atoms with Crippen molar-refractivity contribution in [3.63, 3.8) is 0 Å². The van der Waals surface area contributed by atoms with E-state index in [-0.39, 0.29) is 32.2 Å². The average molecular weight is 1350 g/mol. The second-order valence-electron chi connectivity index (χ2n) is 28.3. The molecular weight excluding hydrogens is 1200 g/mol. The molecule has 0 aliphatic carbocycles. The van der Waals surface area contributed by atoms with Crippen molar-refractivity contribution in [2.45, 2.75) is 373 Å². The molecule has 0 amide bonds. The Morgan fingerprint density at radius 3 is 0.825 bits per heavy atom. The fourth-order valence-electron chi connectivity index (χ4n) is 11.6. The topological polar surface area (TPSA) is 111 Å². The van der Waals surface area contributed by atoms with Gasteiger partial charge < -0.3 is 33.3 Å². The maximum atomic E-state index is 13.0. The van der Waals surface area contributed by atoms with Gasteiger partial charge in [0.05, 0.1) is 40.3 Å². The van der Waals surface area contributed by atoms with Crippen LogP contribution in [0, 0.1) is 0 Å². The smallest absolute Gasteiger partial charge is 0.306 e. The molecule has 0 rings (SSSR count). The second kappa shape index (κ2) is 77.4. The van der Waals surface area contributed by atoms with Crippen LogP contribution in [0.4, 0.5) is 0 Å². The van der Waals surface area contributed by atoms with E-state index in [9.17, 15) is 19.5 Å². The highest BCUT2D eigenvalue weighted by atomic mass is 16.7. The first-order chi connectivity index (χ1) is 47.6. The molecule has 0 radical (unpaired) electrons. The van der Waals surface area contributed by atoms with Gasteiger partial charge in [0.1, 0.15) is 13.2 Å². The number of ether oxygens (including phenoxy) is 4. The van der Waals surface area contributed by atoms with Crippen LogP contribution in [0.1, 0.15) is 361 Å². The first-order valence-electron chi connectivity index (χ1n) is 40.7. The standard InChI is InChI=1S/C88H153NO8/c1-6-8-10-12-14-16-18-20-22-24-26-28-30-32-34-36-38-40-42-43-45-47-49-51-53-55-57-59-61-63-65-67-69-71-73-75-77-79-86(91)97-84(83-96-88(87(92)93)94-81-80-89(3,4)5)82-95-85(90)78-76-74-72-70-68-66-64-62-60-58-56-54-52-50-48-46-44-41-39-37-35-33-31-29-27-25-23-21-19-17-15-13-11-9-7-2/h8-11,14-17,20-23,26-29,32-35,84,88H,6-7,12-13,18-19,24-25,30-31,36-83H2,1-5H3/b10-8-,11-9-,16-14-,17-15-,22-20-,23-21-,28-26-,29-27-,34-32-,35-33-. The van der Waals surface area contributed by atoms with E-state index in [0.717, 1.165) is 96.3 Å². The number of aliphatic carboxylic acids is 1. The molecule has 9 nitrogen and oxygen atoms in total. The number of quaternary nitrogens is 1. The van der Waals surface area contributed by atoms with Gasteiger partial charge in [0.25, 0.3) is 0 Å². The summed E-state index contributed by atoms with van der Waals surface area (Å²) in [7, 11) is 5.94. The highest BCUT2D eigenvalue weighted by Gasteiger charge is 2.22. The third kappa shape index (κ3) is 78.9. The summed E-state index contributed by atoms with van der Waals surface area (Å²) in [6.07, 6.45) is 108. The molecule has 0 fully saturated rings. The van der Waals surface area contributed by atoms with Gasteiger partial charge >= 0.3 is 11.9 Å². The van der Waals surface area contributed by atoms with Crippen molar-refractivity contribution in [3.8, 4) is 0 Å². The number of carboxylic acid groups (broad SMARTS) is 1. The van der Waals surface area contributed by atoms with Crippen molar-refractivity contribution in [3.05, 3.63) is 122 Å². The van der Waals surface area contributed by atoms with E-state index in [2.05, 4.69) is 135 Å². The van der Waals surface area contributed by atoms with Gasteiger partial charge in [-0.2, -0.15) is 0 Å². The van der Waals surface area contributed by atoms with Crippen LogP contribution >= 0.6 is 0 Å². The lowest BCUT2D eigenvalue weighted by atomic mass is 10.0. The van der Waals surface area contributed by atoms with E-state index in [1.807, 2.05) is 21.1 Å². The Hall–Kier alpha value is -4.31. The molecule has 0 saturated heterocycles. The SMILES string of the molecule is CC/C=C\C/C=C\C/C=C\C/C=C\C/C=C\CCCCCCCCCCCCCCCCCCCCCCCC(=O)OC(COC(=O)CCCCCCCCCCCCCCCCCCCCC/C=C\C/C=C\C/C=C\C/C=C\C/C=C\CC)COC(OCC[N+](C)(C)C)C(=O)[O-]. The van der Waals surface area contributed by atoms with Gasteiger partial charge in [-0.1, -0.05) is 367 Å². The predicted molar refractivity (Wildman–Crippen MR) is 417 cm³/mol. The minimum absolute atomic E-state index is 0.147. The van der Waals surface area contributed by atoms with Crippen molar-refractivity contribution in [1.29, 1.82) is 0 Å². The number of carbonyl (C=O) groups excluding carboxylic acids is 3. The molecule has 0 aromatic carbocycles. The molecule has 0 aromatic heterocycles. The first-order valence-corrected chi connectivity index (χ1v) is 40.7. The summed E-state index contributed by atoms with van der Waals surface area (Å²) in [5.74, 6) is -2.26. The van der Waals surface area contributed by atoms with Crippen LogP contribution in [0.2, 0.25) is 0 Å². The highest BCUT2D eigenvalue weighted by Crippen LogP contribution is 2.19. The number of nitrogens with zero attached hydrogens (tertiary/aromatic N) is 1. The minimum Gasteiger partial charge on any atom is -0.545 e. The largest absolute Gasteiger partial charge is 0.545 e. The third-order valence-electron chi connectivity index (χ3n) is 17.7. The van der Waals surface area contributed by atoms with Crippen LogP contribution < -0.4 is 5.11 Å². The van der Waals surface area contributed by atoms with Crippen molar-refractivity contribution in [1.82, 2.24) is 0 Å². The summed E-state index contributed by atoms with van der Waals surface area (Å²) >= 11 is 0. The maximum Gasteiger partial charge on any atom is 0.306 e. The van der Waals surface area contributed by atoms with Crippen LogP contribution in [-0.4, -0.2) is 82.3 Å². The van der Waals surface area contributed by atoms with Gasteiger partial charge in [-0.15, -0.1) is 0 Å². The Kier molecular flexibility index (Phi) is 74.0. The Balaban J connectivity index is 3.99. The normalized spacial score (nSPS) is 13.3. The number of hydrogen-bond donors (Lipinski definition) is 0. The monoisotopic (exact) mass is 1350 g/mol. The lowest BCUT2D eigenvalue weighted by molar-refractivity contribution is -0.870. The molecular formula is C88H153NO8. The van der Waals surface area contributed by atoms with Crippen molar-refractivity contribution >= 4 is 17.9 Å². The molecule has 0 saturated carbocycles. The van der Waals surface area contributed by atoms with Crippen LogP contribution in [0.15, 0.2) is 122 Å². The molecule has 0 N–H and O–H groups in total. The van der Waals surface area contributed by atoms with Gasteiger partial charge in [0.2, 0.25) is 0 Å². The van der Waals surface area contributed by atoms with E-state index in [0.29, 0.717) is 23.9 Å². The number of esters is 2. The van der Waals surface area contributed by atoms with E-state index in [4.69, 9.17) is 18.9 Å². The number of unbranched alkanes of at least 4 members (excludes halogenated alkanes) is 40. The van der Waals surface area contributed by atoms with Crippen molar-refractivity contribution in [2.24, 2.45) is 0 Å². The van der Waals surface area contributed by atoms with Crippen molar-refractivity contribution in [2.75, 3.05) is 47.5 Å². The zero-order valence-corrected chi connectivity index (χ0v) is 63.9. The molecule has 97 heavy (non-hydrogen) atoms. The molecule has 0 spiro atoms. The molecule has 2 unspecified atom stereocenters. The van der Waals surface area contributed by atoms with Crippen LogP contribution in [-0.2, 0) is 33.3 Å². The van der Waals surface area contributed by atoms with Gasteiger partial charge in [-0.05, 0) is 103 Å². The molecule has 0 aliphatic rings. The van der Waals surface area contributed by atoms with Gasteiger partial charge in [-0.25, -0.2) is 0 Å². The fourth-order valence-corrected chi connectivity index (χ4v) is 11.6. The number of hydrogen-bond acceptors (Lipinski definition) is 8. The second-order valence-corrected chi connectivity index (χ2v) is 28.3. The molecule has 0 aliphatic heterocycles. The quantitative estimate of drug-likeness (QED) is 0.0195. The number of likely N-dealkylation sites (N-methyl/N-ethyl adjacent to an activating group) is 1. The van der Waals surface area contributed by atoms with E-state index in [1.54, 1.807) is 0 Å². The zero-order valence-electron chi connectivity index (χ0n) is 63.9. The lowest BCUT2D eigenvalue weighted by Gasteiger charge is -2.26. The summed E-state index contributed by atoms with van der Waals surface area (Å²) in [6, 6.07) is 0. The van der Waals surface area contributed by atoms with E-state index in [1.165, 1.54) is 231 Å². The molecule has 0 heterocycles. The maximum absolute atomic E-state index is 13.0. The van der Waals surface area contributed by atoms with Gasteiger partial charge in [0.15, 0.2) is 12.4 Å². The summed E-state index contributed by atoms with van der Waals surface area (Å²) in [5, 5.41) is 11.9. The first kappa shape index (κ1) is 92.7. The van der Waals surface area contributed by atoms with Crippen molar-refractivity contribution < 1.29 is 42.9 Å². The number of carbonyl (C=O) groups is 3. The molecule has 558 valence electrons. The van der Waals surface area contributed by atoms with Crippen LogP contribution in [0.5, 0.6) is 0 Å². The summed E-state index contributed by atoms with van der Waals surface area (Å²) in [6.45, 7) is 4.57. The molecule has 9 heteroatoms. The predicted octanol–water partition coefficient (Wildman–Crippen LogP) is 24.9. The highest BCUT2D eigenvalue weighted by molar-refractivity contribution is 5.70. The Bertz CT molecular complexity index is 2020. The number of carboxylic acids is 1. The summed E-state index contributed by atoms with van der Waals surface area (Å²) in [4.78, 5) is 37.6. The minimum atomic E-state index is -1.62. The van der Waals surface area contributed by atoms with Crippen LogP contribution in [0.25, 0.3) is 0 Å². The average Bonchev–Trinajstić information content (AvgIpc) is 3.11. The molecule has 0 bridgehead atoms. The van der Waals surface area contributed by atoms with E-state index < -0.39 is 24.3 Å². The Morgan fingerprint density at radius 2 is 0.557 bits per heavy atom. The number of allylic oxidation sites excluding steroid dienone is 20. The van der Waals surface area contributed by atoms with E-state index >= 15 is 0 Å². The summed E-state index contributed by atoms with van der Waals surface area (Å²) < 4.78 is 22.9. The number of rotatable bonds is 75. The van der Waals surface area contributed by atoms with Gasteiger partial charge in [-0.3, -0.25) is 9.59 Å². The Morgan fingerprint density at radius 1 is 0.309 bits per heavy atom. The molecule has 2 atom stereocenters. The Labute approximate surface area is 599 Å². The van der Waals surface area contributed by atoms with Crippen LogP contribution in [0.3, 0.4) is 0 Å². The third-order valence-corrected chi connectivity index (χ3v) is 17.7. The zero-order chi connectivity index (χ0) is 70.4. The lowest BCUT2D eigenvalue weighted by Crippen LogP contribution is -2.44. The summed E-state index contributed by atoms with van der Waals surface area (Å²) in [5.41, 5.74) is 0. The fraction of sp³-hybridized carbons (Fsp3) is 0.739.